The van der Waals surface area contributed by atoms with Crippen molar-refractivity contribution in [1.82, 2.24) is 10.3 Å². The molecule has 0 radical (unpaired) electrons. The average Bonchev–Trinajstić information content (AvgIpc) is 2.39. The second-order valence-corrected chi connectivity index (χ2v) is 7.06. The van der Waals surface area contributed by atoms with Crippen LogP contribution in [0.15, 0.2) is 24.4 Å². The highest BCUT2D eigenvalue weighted by Gasteiger charge is 2.30. The van der Waals surface area contributed by atoms with Crippen LogP contribution in [0.2, 0.25) is 0 Å². The van der Waals surface area contributed by atoms with Gasteiger partial charge in [-0.15, -0.1) is 0 Å². The highest BCUT2D eigenvalue weighted by molar-refractivity contribution is 5.08. The van der Waals surface area contributed by atoms with E-state index in [1.807, 2.05) is 12.3 Å². The maximum Gasteiger partial charge on any atom is 0.0570 e. The molecule has 19 heavy (non-hydrogen) atoms. The Balaban J connectivity index is 1.83. The molecule has 0 aromatic carbocycles. The third-order valence-electron chi connectivity index (χ3n) is 4.57. The van der Waals surface area contributed by atoms with Crippen LogP contribution in [0.3, 0.4) is 0 Å². The van der Waals surface area contributed by atoms with Crippen LogP contribution < -0.4 is 5.32 Å². The van der Waals surface area contributed by atoms with E-state index in [0.717, 1.165) is 11.6 Å². The highest BCUT2D eigenvalue weighted by atomic mass is 15.0. The van der Waals surface area contributed by atoms with E-state index in [1.54, 1.807) is 0 Å². The number of aromatic nitrogens is 1. The lowest BCUT2D eigenvalue weighted by Crippen LogP contribution is -2.37. The zero-order valence-corrected chi connectivity index (χ0v) is 12.8. The molecule has 0 amide bonds. The molecular weight excluding hydrogens is 232 g/mol. The van der Waals surface area contributed by atoms with E-state index in [2.05, 4.69) is 50.1 Å². The fourth-order valence-corrected chi connectivity index (χ4v) is 3.20. The first-order valence-electron chi connectivity index (χ1n) is 7.64. The molecule has 0 spiro atoms. The van der Waals surface area contributed by atoms with Crippen LogP contribution in [0.4, 0.5) is 0 Å². The summed E-state index contributed by atoms with van der Waals surface area (Å²) in [5, 5.41) is 3.74. The van der Waals surface area contributed by atoms with Gasteiger partial charge in [0, 0.05) is 18.3 Å². The van der Waals surface area contributed by atoms with Crippen LogP contribution in [0.25, 0.3) is 0 Å². The molecule has 1 unspecified atom stereocenters. The Morgan fingerprint density at radius 2 is 1.84 bits per heavy atom. The van der Waals surface area contributed by atoms with Crippen molar-refractivity contribution < 1.29 is 0 Å². The van der Waals surface area contributed by atoms with E-state index in [4.69, 9.17) is 0 Å². The van der Waals surface area contributed by atoms with Crippen molar-refractivity contribution in [3.05, 3.63) is 30.1 Å². The first-order valence-corrected chi connectivity index (χ1v) is 7.64. The first-order chi connectivity index (χ1) is 8.97. The van der Waals surface area contributed by atoms with Crippen molar-refractivity contribution >= 4 is 0 Å². The van der Waals surface area contributed by atoms with Crippen LogP contribution in [-0.4, -0.2) is 11.0 Å². The van der Waals surface area contributed by atoms with Gasteiger partial charge < -0.3 is 5.32 Å². The quantitative estimate of drug-likeness (QED) is 0.874. The van der Waals surface area contributed by atoms with Gasteiger partial charge in [-0.05, 0) is 56.1 Å². The Labute approximate surface area is 118 Å². The molecule has 106 valence electrons. The Hall–Kier alpha value is -0.890. The lowest BCUT2D eigenvalue weighted by molar-refractivity contribution is 0.156. The molecule has 1 saturated carbocycles. The largest absolute Gasteiger partial charge is 0.306 e. The summed E-state index contributed by atoms with van der Waals surface area (Å²) in [6, 6.07) is 7.17. The van der Waals surface area contributed by atoms with Crippen LogP contribution in [0, 0.1) is 11.3 Å². The predicted molar refractivity (Wildman–Crippen MR) is 81.0 cm³/mol. The maximum absolute atomic E-state index is 4.44. The molecule has 1 aliphatic carbocycles. The minimum atomic E-state index is 0.359. The lowest BCUT2D eigenvalue weighted by Gasteiger charge is -2.38. The zero-order valence-electron chi connectivity index (χ0n) is 12.8. The van der Waals surface area contributed by atoms with Gasteiger partial charge in [0.1, 0.15) is 0 Å². The molecule has 1 atom stereocenters. The molecule has 2 nitrogen and oxygen atoms in total. The zero-order chi connectivity index (χ0) is 13.9. The topological polar surface area (TPSA) is 24.9 Å². The molecule has 1 aromatic rings. The minimum absolute atomic E-state index is 0.359. The van der Waals surface area contributed by atoms with E-state index in [1.165, 1.54) is 25.7 Å². The van der Waals surface area contributed by atoms with E-state index in [-0.39, 0.29) is 0 Å². The van der Waals surface area contributed by atoms with Crippen LogP contribution in [-0.2, 0) is 0 Å². The third-order valence-corrected chi connectivity index (χ3v) is 4.57. The van der Waals surface area contributed by atoms with Crippen LogP contribution >= 0.6 is 0 Å². The summed E-state index contributed by atoms with van der Waals surface area (Å²) in [6.07, 6.45) is 7.20. The standard InChI is InChI=1S/C17H28N2/c1-13(16-7-5-6-12-18-16)19-15-10-8-14(9-11-15)17(2,3)4/h5-7,12-15,19H,8-11H2,1-4H3. The summed E-state index contributed by atoms with van der Waals surface area (Å²) < 4.78 is 0. The van der Waals surface area contributed by atoms with Gasteiger partial charge >= 0.3 is 0 Å². The van der Waals surface area contributed by atoms with Gasteiger partial charge in [-0.2, -0.15) is 0 Å². The first kappa shape index (κ1) is 14.5. The molecule has 1 aliphatic rings. The summed E-state index contributed by atoms with van der Waals surface area (Å²) >= 11 is 0. The number of nitrogens with one attached hydrogen (secondary N) is 1. The maximum atomic E-state index is 4.44. The van der Waals surface area contributed by atoms with Crippen LogP contribution in [0.1, 0.15) is 65.1 Å². The van der Waals surface area contributed by atoms with Gasteiger partial charge in [-0.25, -0.2) is 0 Å². The Morgan fingerprint density at radius 1 is 1.16 bits per heavy atom. The van der Waals surface area contributed by atoms with Gasteiger partial charge in [0.2, 0.25) is 0 Å². The fraction of sp³-hybridized carbons (Fsp3) is 0.706. The summed E-state index contributed by atoms with van der Waals surface area (Å²) in [5.41, 5.74) is 1.62. The van der Waals surface area contributed by atoms with Gasteiger partial charge in [-0.3, -0.25) is 4.98 Å². The molecule has 1 aromatic heterocycles. The van der Waals surface area contributed by atoms with Crippen molar-refractivity contribution in [2.75, 3.05) is 0 Å². The van der Waals surface area contributed by atoms with E-state index >= 15 is 0 Å². The van der Waals surface area contributed by atoms with Crippen molar-refractivity contribution in [2.24, 2.45) is 11.3 Å². The summed E-state index contributed by atoms with van der Waals surface area (Å²) in [4.78, 5) is 4.44. The second-order valence-electron chi connectivity index (χ2n) is 7.06. The highest BCUT2D eigenvalue weighted by Crippen LogP contribution is 2.38. The summed E-state index contributed by atoms with van der Waals surface area (Å²) in [7, 11) is 0. The van der Waals surface area contributed by atoms with E-state index < -0.39 is 0 Å². The van der Waals surface area contributed by atoms with E-state index in [9.17, 15) is 0 Å². The third kappa shape index (κ3) is 4.04. The number of hydrogen-bond acceptors (Lipinski definition) is 2. The summed E-state index contributed by atoms with van der Waals surface area (Å²) in [6.45, 7) is 9.35. The Bertz CT molecular complexity index is 372. The Morgan fingerprint density at radius 3 is 2.37 bits per heavy atom. The van der Waals surface area contributed by atoms with Crippen molar-refractivity contribution in [3.8, 4) is 0 Å². The molecule has 1 fully saturated rings. The predicted octanol–water partition coefficient (Wildman–Crippen LogP) is 4.34. The number of rotatable bonds is 3. The summed E-state index contributed by atoms with van der Waals surface area (Å²) in [5.74, 6) is 0.885. The SMILES string of the molecule is CC(NC1CCC(C(C)(C)C)CC1)c1ccccn1. The molecule has 0 aliphatic heterocycles. The molecule has 1 N–H and O–H groups in total. The normalized spacial score (nSPS) is 26.1. The monoisotopic (exact) mass is 260 g/mol. The Kier molecular flexibility index (Phi) is 4.62. The molecule has 2 heteroatoms. The molecule has 0 bridgehead atoms. The van der Waals surface area contributed by atoms with Gasteiger partial charge in [0.25, 0.3) is 0 Å². The minimum Gasteiger partial charge on any atom is -0.306 e. The lowest BCUT2D eigenvalue weighted by atomic mass is 9.71. The number of pyridine rings is 1. The van der Waals surface area contributed by atoms with Gasteiger partial charge in [0.15, 0.2) is 0 Å². The van der Waals surface area contributed by atoms with Gasteiger partial charge in [0.05, 0.1) is 5.69 Å². The van der Waals surface area contributed by atoms with Crippen molar-refractivity contribution in [2.45, 2.75) is 65.5 Å². The number of hydrogen-bond donors (Lipinski definition) is 1. The second kappa shape index (κ2) is 6.04. The van der Waals surface area contributed by atoms with E-state index in [0.29, 0.717) is 17.5 Å². The van der Waals surface area contributed by atoms with Crippen molar-refractivity contribution in [1.29, 1.82) is 0 Å². The molecule has 0 saturated heterocycles. The van der Waals surface area contributed by atoms with Gasteiger partial charge in [-0.1, -0.05) is 26.8 Å². The smallest absolute Gasteiger partial charge is 0.0570 e. The number of nitrogens with zero attached hydrogens (tertiary/aromatic N) is 1. The average molecular weight is 260 g/mol. The molecular formula is C17H28N2. The van der Waals surface area contributed by atoms with Crippen molar-refractivity contribution in [3.63, 3.8) is 0 Å². The molecule has 2 rings (SSSR count). The van der Waals surface area contributed by atoms with Crippen LogP contribution in [0.5, 0.6) is 0 Å². The fourth-order valence-electron chi connectivity index (χ4n) is 3.20. The molecule has 1 heterocycles.